The van der Waals surface area contributed by atoms with Gasteiger partial charge in [-0.3, -0.25) is 19.1 Å². The molecule has 0 radical (unpaired) electrons. The SMILES string of the molecule is CCOc1cccc(C2C3=CCn4c(=O)n(CCc5nc6cc(OC)c(OC)cc6n(C)c5=O)c(=O)n4C3CC3C(=O)N(c4cc(-c5sc6ccc(Cl)cc6c5C)nn4C)C(=O)C32C)c1O. The van der Waals surface area contributed by atoms with Crippen LogP contribution in [-0.4, -0.2) is 71.0 Å². The number of fused-ring (bicyclic) bond motifs is 6. The Hall–Kier alpha value is -6.92. The summed E-state index contributed by atoms with van der Waals surface area (Å²) >= 11 is 7.88. The molecular formula is C47H45ClN8O9S. The first-order valence-corrected chi connectivity index (χ1v) is 22.6. The molecule has 17 nitrogen and oxygen atoms in total. The molecule has 19 heteroatoms. The predicted molar refractivity (Wildman–Crippen MR) is 248 cm³/mol. The number of imide groups is 1. The molecule has 2 fully saturated rings. The zero-order valence-electron chi connectivity index (χ0n) is 37.1. The molecule has 6 heterocycles. The fourth-order valence-electron chi connectivity index (χ4n) is 10.4. The summed E-state index contributed by atoms with van der Waals surface area (Å²) in [5, 5.41) is 18.3. The van der Waals surface area contributed by atoms with Crippen LogP contribution in [0.3, 0.4) is 0 Å². The molecule has 66 heavy (non-hydrogen) atoms. The van der Waals surface area contributed by atoms with Gasteiger partial charge < -0.3 is 23.9 Å². The minimum atomic E-state index is -1.47. The van der Waals surface area contributed by atoms with Gasteiger partial charge in [0.05, 0.1) is 60.7 Å². The van der Waals surface area contributed by atoms with E-state index in [2.05, 4.69) is 4.98 Å². The molecule has 0 spiro atoms. The number of phenolic OH excluding ortho intramolecular Hbond substituents is 1. The lowest BCUT2D eigenvalue weighted by molar-refractivity contribution is -0.129. The number of hydrogen-bond acceptors (Lipinski definition) is 12. The summed E-state index contributed by atoms with van der Waals surface area (Å²) < 4.78 is 24.4. The number of thiophene rings is 1. The fraction of sp³-hybridized carbons (Fsp3) is 0.340. The number of amides is 2. The number of methoxy groups -OCH3 is 2. The van der Waals surface area contributed by atoms with E-state index < -0.39 is 52.0 Å². The van der Waals surface area contributed by atoms with E-state index in [0.29, 0.717) is 44.4 Å². The molecule has 4 unspecified atom stereocenters. The van der Waals surface area contributed by atoms with Crippen molar-refractivity contribution in [1.82, 2.24) is 33.3 Å². The number of nitrogens with zero attached hydrogens (tertiary/aromatic N) is 8. The predicted octanol–water partition coefficient (Wildman–Crippen LogP) is 5.86. The molecule has 2 amide bonds. The molecule has 4 atom stereocenters. The van der Waals surface area contributed by atoms with Gasteiger partial charge in [0.2, 0.25) is 11.8 Å². The molecule has 2 aliphatic heterocycles. The number of aromatic hydroxyl groups is 1. The Kier molecular flexibility index (Phi) is 10.2. The van der Waals surface area contributed by atoms with Crippen molar-refractivity contribution >= 4 is 61.7 Å². The second kappa shape index (κ2) is 15.6. The molecular weight excluding hydrogens is 888 g/mol. The van der Waals surface area contributed by atoms with Crippen molar-refractivity contribution in [2.75, 3.05) is 25.7 Å². The first-order valence-electron chi connectivity index (χ1n) is 21.4. The van der Waals surface area contributed by atoms with E-state index in [0.717, 1.165) is 25.1 Å². The number of halogens is 1. The molecule has 7 aromatic rings. The molecule has 1 aliphatic carbocycles. The normalized spacial score (nSPS) is 20.2. The highest BCUT2D eigenvalue weighted by Gasteiger charge is 2.66. The Morgan fingerprint density at radius 1 is 0.970 bits per heavy atom. The van der Waals surface area contributed by atoms with E-state index in [9.17, 15) is 19.5 Å². The minimum absolute atomic E-state index is 0.00582. The molecule has 1 N–H and O–H groups in total. The number of ether oxygens (including phenoxy) is 3. The number of carbonyl (C=O) groups is 2. The number of benzene rings is 3. The van der Waals surface area contributed by atoms with Crippen LogP contribution < -0.4 is 36.0 Å². The van der Waals surface area contributed by atoms with Crippen molar-refractivity contribution in [1.29, 1.82) is 0 Å². The molecule has 3 aliphatic rings. The highest BCUT2D eigenvalue weighted by Crippen LogP contribution is 2.63. The average Bonchev–Trinajstić information content (AvgIpc) is 3.97. The number of anilines is 1. The van der Waals surface area contributed by atoms with Gasteiger partial charge in [0.25, 0.3) is 5.56 Å². The van der Waals surface area contributed by atoms with E-state index >= 15 is 9.59 Å². The van der Waals surface area contributed by atoms with Gasteiger partial charge in [-0.2, -0.15) is 5.10 Å². The summed E-state index contributed by atoms with van der Waals surface area (Å²) in [6.45, 7) is 5.56. The van der Waals surface area contributed by atoms with Crippen molar-refractivity contribution in [3.63, 3.8) is 0 Å². The fourth-order valence-corrected chi connectivity index (χ4v) is 11.7. The largest absolute Gasteiger partial charge is 0.504 e. The Balaban J connectivity index is 1.06. The van der Waals surface area contributed by atoms with Gasteiger partial charge in [0.15, 0.2) is 23.0 Å². The average molecular weight is 933 g/mol. The Labute approximate surface area is 385 Å². The maximum absolute atomic E-state index is 15.3. The highest BCUT2D eigenvalue weighted by molar-refractivity contribution is 7.22. The quantitative estimate of drug-likeness (QED) is 0.128. The highest BCUT2D eigenvalue weighted by atomic mass is 35.5. The lowest BCUT2D eigenvalue weighted by Gasteiger charge is -2.47. The zero-order chi connectivity index (χ0) is 46.7. The number of phenols is 1. The molecule has 4 aromatic heterocycles. The number of aromatic nitrogens is 7. The molecule has 1 saturated carbocycles. The first-order chi connectivity index (χ1) is 31.6. The van der Waals surface area contributed by atoms with Gasteiger partial charge in [-0.15, -0.1) is 11.3 Å². The standard InChI is InChI=1S/C47H45ClN8O9S/c1-8-65-34-11-9-10-26(40(34)57)39-25-14-17-54-45(61)53(16-15-29-43(59)51(4)33-22-36(64-7)35(63-6)20-30(33)49-29)46(62)56(54)32(25)19-28-42(58)55(44(60)47(28,39)3)38-21-31(50-52(38)5)41-23(2)27-18-24(48)12-13-37(27)66-41/h9-14,18,20-22,28,32,39,57H,8,15-17,19H2,1-7H3. The number of hydrogen-bond donors (Lipinski definition) is 1. The number of aryl methyl sites for hydroxylation is 4. The van der Waals surface area contributed by atoms with Crippen molar-refractivity contribution in [3.05, 3.63) is 119 Å². The summed E-state index contributed by atoms with van der Waals surface area (Å²) in [7, 11) is 6.28. The van der Waals surface area contributed by atoms with E-state index in [-0.39, 0.29) is 55.5 Å². The van der Waals surface area contributed by atoms with Crippen molar-refractivity contribution in [2.24, 2.45) is 25.4 Å². The maximum atomic E-state index is 15.3. The second-order valence-corrected chi connectivity index (χ2v) is 18.5. The van der Waals surface area contributed by atoms with Gasteiger partial charge in [0, 0.05) is 66.5 Å². The lowest BCUT2D eigenvalue weighted by atomic mass is 9.56. The van der Waals surface area contributed by atoms with E-state index in [4.69, 9.17) is 30.9 Å². The summed E-state index contributed by atoms with van der Waals surface area (Å²) in [6, 6.07) is 14.9. The molecule has 340 valence electrons. The summed E-state index contributed by atoms with van der Waals surface area (Å²) in [5.74, 6) is -1.83. The van der Waals surface area contributed by atoms with E-state index in [1.165, 1.54) is 49.1 Å². The second-order valence-electron chi connectivity index (χ2n) is 17.0. The van der Waals surface area contributed by atoms with Crippen LogP contribution in [0.5, 0.6) is 23.0 Å². The van der Waals surface area contributed by atoms with Crippen molar-refractivity contribution < 1.29 is 28.9 Å². The third-order valence-electron chi connectivity index (χ3n) is 13.7. The third kappa shape index (κ3) is 6.13. The molecule has 1 saturated heterocycles. The van der Waals surface area contributed by atoms with Gasteiger partial charge in [-0.1, -0.05) is 29.8 Å². The molecule has 10 rings (SSSR count). The van der Waals surface area contributed by atoms with Gasteiger partial charge in [0.1, 0.15) is 17.2 Å². The Morgan fingerprint density at radius 3 is 2.47 bits per heavy atom. The first kappa shape index (κ1) is 43.0. The van der Waals surface area contributed by atoms with E-state index in [1.54, 1.807) is 64.3 Å². The monoisotopic (exact) mass is 932 g/mol. The molecule has 3 aromatic carbocycles. The van der Waals surface area contributed by atoms with Crippen LogP contribution in [0.25, 0.3) is 31.7 Å². The van der Waals surface area contributed by atoms with Crippen LogP contribution >= 0.6 is 22.9 Å². The van der Waals surface area contributed by atoms with Crippen LogP contribution in [0, 0.1) is 18.3 Å². The van der Waals surface area contributed by atoms with Crippen LogP contribution in [0.1, 0.15) is 49.0 Å². The van der Waals surface area contributed by atoms with Crippen LogP contribution in [0.4, 0.5) is 5.82 Å². The third-order valence-corrected chi connectivity index (χ3v) is 15.2. The summed E-state index contributed by atoms with van der Waals surface area (Å²) in [5.41, 5.74) is 0.434. The number of para-hydroxylation sites is 1. The zero-order valence-corrected chi connectivity index (χ0v) is 38.7. The number of rotatable bonds is 10. The topological polar surface area (TPSA) is 187 Å². The van der Waals surface area contributed by atoms with Crippen LogP contribution in [-0.2, 0) is 43.2 Å². The summed E-state index contributed by atoms with van der Waals surface area (Å²) in [4.78, 5) is 79.6. The number of allylic oxidation sites excluding steroid dienone is 2. The lowest BCUT2D eigenvalue weighted by Crippen LogP contribution is -2.49. The summed E-state index contributed by atoms with van der Waals surface area (Å²) in [6.07, 6.45) is 1.76. The van der Waals surface area contributed by atoms with Gasteiger partial charge in [-0.05, 0) is 68.0 Å². The molecule has 0 bridgehead atoms. The van der Waals surface area contributed by atoms with Crippen molar-refractivity contribution in [2.45, 2.75) is 58.7 Å². The van der Waals surface area contributed by atoms with Crippen LogP contribution in [0.2, 0.25) is 5.02 Å². The van der Waals surface area contributed by atoms with Crippen molar-refractivity contribution in [3.8, 4) is 33.6 Å². The minimum Gasteiger partial charge on any atom is -0.504 e. The smallest absolute Gasteiger partial charge is 0.347 e. The van der Waals surface area contributed by atoms with Crippen LogP contribution in [0.15, 0.2) is 80.6 Å². The Morgan fingerprint density at radius 2 is 1.73 bits per heavy atom. The number of carbonyl (C=O) groups excluding carboxylic acids is 2. The van der Waals surface area contributed by atoms with Gasteiger partial charge in [-0.25, -0.2) is 33.4 Å². The van der Waals surface area contributed by atoms with E-state index in [1.807, 2.05) is 31.2 Å². The Bertz CT molecular complexity index is 3450. The van der Waals surface area contributed by atoms with Gasteiger partial charge >= 0.3 is 11.4 Å². The maximum Gasteiger partial charge on any atom is 0.347 e.